The number of sulfone groups is 1. The Morgan fingerprint density at radius 2 is 1.85 bits per heavy atom. The third kappa shape index (κ3) is 3.36. The molecule has 0 radical (unpaired) electrons. The largest absolute Gasteiger partial charge is 0.377 e. The van der Waals surface area contributed by atoms with E-state index >= 15 is 0 Å². The standard InChI is InChI=1S/C15H18N2O2S/c1-3-20(18,19)14-9-7-13(8-10-14)17-12(2)15-6-4-5-11-16-15/h4-12,17H,3H2,1-2H3. The number of nitrogens with zero attached hydrogens (tertiary/aromatic N) is 1. The van der Waals surface area contributed by atoms with E-state index in [2.05, 4.69) is 10.3 Å². The Labute approximate surface area is 119 Å². The molecular weight excluding hydrogens is 272 g/mol. The van der Waals surface area contributed by atoms with Crippen LogP contribution in [0, 0.1) is 0 Å². The Morgan fingerprint density at radius 1 is 1.15 bits per heavy atom. The fourth-order valence-corrected chi connectivity index (χ4v) is 2.77. The molecule has 0 aliphatic carbocycles. The van der Waals surface area contributed by atoms with Crippen LogP contribution < -0.4 is 5.32 Å². The lowest BCUT2D eigenvalue weighted by atomic mass is 10.2. The van der Waals surface area contributed by atoms with E-state index in [0.717, 1.165) is 11.4 Å². The molecule has 0 saturated carbocycles. The minimum atomic E-state index is -3.14. The van der Waals surface area contributed by atoms with Crippen LogP contribution in [0.3, 0.4) is 0 Å². The highest BCUT2D eigenvalue weighted by Gasteiger charge is 2.11. The maximum absolute atomic E-state index is 11.7. The number of nitrogens with one attached hydrogen (secondary N) is 1. The van der Waals surface area contributed by atoms with Gasteiger partial charge in [-0.2, -0.15) is 0 Å². The summed E-state index contributed by atoms with van der Waals surface area (Å²) >= 11 is 0. The molecule has 1 N–H and O–H groups in total. The Balaban J connectivity index is 2.12. The van der Waals surface area contributed by atoms with Crippen LogP contribution in [0.15, 0.2) is 53.6 Å². The maximum Gasteiger partial charge on any atom is 0.178 e. The summed E-state index contributed by atoms with van der Waals surface area (Å²) in [4.78, 5) is 4.64. The number of anilines is 1. The van der Waals surface area contributed by atoms with Gasteiger partial charge < -0.3 is 5.32 Å². The van der Waals surface area contributed by atoms with E-state index in [9.17, 15) is 8.42 Å². The smallest absolute Gasteiger partial charge is 0.178 e. The normalized spacial score (nSPS) is 12.9. The molecule has 1 aromatic carbocycles. The van der Waals surface area contributed by atoms with Crippen LogP contribution in [0.25, 0.3) is 0 Å². The van der Waals surface area contributed by atoms with Crippen LogP contribution in [0.4, 0.5) is 5.69 Å². The summed E-state index contributed by atoms with van der Waals surface area (Å²) in [5.74, 6) is 0.115. The van der Waals surface area contributed by atoms with Gasteiger partial charge >= 0.3 is 0 Å². The van der Waals surface area contributed by atoms with Gasteiger partial charge in [0.1, 0.15) is 0 Å². The van der Waals surface area contributed by atoms with Crippen molar-refractivity contribution in [3.8, 4) is 0 Å². The molecule has 4 nitrogen and oxygen atoms in total. The molecule has 0 bridgehead atoms. The second kappa shape index (κ2) is 6.05. The average molecular weight is 290 g/mol. The van der Waals surface area contributed by atoms with Crippen LogP contribution in [-0.4, -0.2) is 19.2 Å². The molecule has 1 unspecified atom stereocenters. The molecule has 1 aromatic heterocycles. The highest BCUT2D eigenvalue weighted by atomic mass is 32.2. The van der Waals surface area contributed by atoms with Gasteiger partial charge in [0.15, 0.2) is 9.84 Å². The van der Waals surface area contributed by atoms with Crippen molar-refractivity contribution in [2.75, 3.05) is 11.1 Å². The molecule has 0 amide bonds. The van der Waals surface area contributed by atoms with Crippen LogP contribution in [-0.2, 0) is 9.84 Å². The van der Waals surface area contributed by atoms with Gasteiger partial charge in [-0.05, 0) is 43.3 Å². The second-order valence-corrected chi connectivity index (χ2v) is 6.83. The predicted molar refractivity (Wildman–Crippen MR) is 80.4 cm³/mol. The van der Waals surface area contributed by atoms with E-state index < -0.39 is 9.84 Å². The molecule has 20 heavy (non-hydrogen) atoms. The highest BCUT2D eigenvalue weighted by Crippen LogP contribution is 2.20. The molecule has 2 aromatic rings. The lowest BCUT2D eigenvalue weighted by Gasteiger charge is -2.15. The Bertz CT molecular complexity index is 652. The Hall–Kier alpha value is -1.88. The minimum Gasteiger partial charge on any atom is -0.377 e. The number of hydrogen-bond acceptors (Lipinski definition) is 4. The highest BCUT2D eigenvalue weighted by molar-refractivity contribution is 7.91. The van der Waals surface area contributed by atoms with E-state index in [1.807, 2.05) is 25.1 Å². The van der Waals surface area contributed by atoms with Gasteiger partial charge in [0.2, 0.25) is 0 Å². The number of aromatic nitrogens is 1. The van der Waals surface area contributed by atoms with E-state index in [0.29, 0.717) is 4.90 Å². The van der Waals surface area contributed by atoms with Gasteiger partial charge in [-0.3, -0.25) is 4.98 Å². The zero-order valence-electron chi connectivity index (χ0n) is 11.6. The molecule has 5 heteroatoms. The van der Waals surface area contributed by atoms with Crippen LogP contribution >= 0.6 is 0 Å². The Morgan fingerprint density at radius 3 is 2.40 bits per heavy atom. The van der Waals surface area contributed by atoms with Gasteiger partial charge in [-0.1, -0.05) is 13.0 Å². The molecule has 0 aliphatic heterocycles. The van der Waals surface area contributed by atoms with Crippen LogP contribution in [0.2, 0.25) is 0 Å². The Kier molecular flexibility index (Phi) is 4.39. The number of hydrogen-bond donors (Lipinski definition) is 1. The quantitative estimate of drug-likeness (QED) is 0.919. The van der Waals surface area contributed by atoms with Gasteiger partial charge in [0.05, 0.1) is 22.4 Å². The van der Waals surface area contributed by atoms with E-state index in [4.69, 9.17) is 0 Å². The van der Waals surface area contributed by atoms with Crippen LogP contribution in [0.1, 0.15) is 25.6 Å². The molecule has 1 heterocycles. The second-order valence-electron chi connectivity index (χ2n) is 4.55. The number of pyridine rings is 1. The first-order valence-corrected chi connectivity index (χ1v) is 8.18. The SMILES string of the molecule is CCS(=O)(=O)c1ccc(NC(C)c2ccccn2)cc1. The predicted octanol–water partition coefficient (Wildman–Crippen LogP) is 3.05. The maximum atomic E-state index is 11.7. The van der Waals surface area contributed by atoms with Gasteiger partial charge in [0.25, 0.3) is 0 Å². The van der Waals surface area contributed by atoms with E-state index in [-0.39, 0.29) is 11.8 Å². The lowest BCUT2D eigenvalue weighted by Crippen LogP contribution is -2.08. The molecule has 0 fully saturated rings. The van der Waals surface area contributed by atoms with Gasteiger partial charge in [-0.15, -0.1) is 0 Å². The topological polar surface area (TPSA) is 59.1 Å². The molecule has 0 saturated heterocycles. The first kappa shape index (κ1) is 14.5. The van der Waals surface area contributed by atoms with Gasteiger partial charge in [0, 0.05) is 11.9 Å². The van der Waals surface area contributed by atoms with Crippen molar-refractivity contribution in [1.82, 2.24) is 4.98 Å². The molecule has 0 spiro atoms. The third-order valence-corrected chi connectivity index (χ3v) is 4.86. The van der Waals surface area contributed by atoms with Gasteiger partial charge in [-0.25, -0.2) is 8.42 Å². The zero-order chi connectivity index (χ0) is 14.6. The van der Waals surface area contributed by atoms with Crippen molar-refractivity contribution < 1.29 is 8.42 Å². The number of rotatable bonds is 5. The summed E-state index contributed by atoms with van der Waals surface area (Å²) < 4.78 is 23.5. The van der Waals surface area contributed by atoms with E-state index in [1.54, 1.807) is 37.4 Å². The van der Waals surface area contributed by atoms with Crippen molar-refractivity contribution in [3.05, 3.63) is 54.4 Å². The fraction of sp³-hybridized carbons (Fsp3) is 0.267. The summed E-state index contributed by atoms with van der Waals surface area (Å²) in [7, 11) is -3.14. The summed E-state index contributed by atoms with van der Waals surface area (Å²) in [5, 5.41) is 3.30. The van der Waals surface area contributed by atoms with Crippen molar-refractivity contribution in [3.63, 3.8) is 0 Å². The summed E-state index contributed by atoms with van der Waals surface area (Å²) in [6, 6.07) is 12.7. The third-order valence-electron chi connectivity index (χ3n) is 3.11. The zero-order valence-corrected chi connectivity index (χ0v) is 12.4. The fourth-order valence-electron chi connectivity index (χ4n) is 1.88. The summed E-state index contributed by atoms with van der Waals surface area (Å²) in [6.07, 6.45) is 1.75. The minimum absolute atomic E-state index is 0.0600. The monoisotopic (exact) mass is 290 g/mol. The van der Waals surface area contributed by atoms with Crippen molar-refractivity contribution in [2.24, 2.45) is 0 Å². The van der Waals surface area contributed by atoms with Crippen molar-refractivity contribution >= 4 is 15.5 Å². The molecule has 2 rings (SSSR count). The summed E-state index contributed by atoms with van der Waals surface area (Å²) in [6.45, 7) is 3.66. The molecule has 0 aliphatic rings. The van der Waals surface area contributed by atoms with Crippen LogP contribution in [0.5, 0.6) is 0 Å². The first-order chi connectivity index (χ1) is 9.53. The first-order valence-electron chi connectivity index (χ1n) is 6.53. The molecule has 1 atom stereocenters. The number of benzene rings is 1. The summed E-state index contributed by atoms with van der Waals surface area (Å²) in [5.41, 5.74) is 1.82. The van der Waals surface area contributed by atoms with Crippen molar-refractivity contribution in [2.45, 2.75) is 24.8 Å². The molecular formula is C15H18N2O2S. The average Bonchev–Trinajstić information content (AvgIpc) is 2.48. The van der Waals surface area contributed by atoms with E-state index in [1.165, 1.54) is 0 Å². The lowest BCUT2D eigenvalue weighted by molar-refractivity contribution is 0.597. The molecule has 106 valence electrons. The van der Waals surface area contributed by atoms with Crippen molar-refractivity contribution in [1.29, 1.82) is 0 Å².